The molecule has 0 spiro atoms. The van der Waals surface area contributed by atoms with Crippen molar-refractivity contribution in [1.29, 1.82) is 0 Å². The Bertz CT molecular complexity index is 502. The number of benzene rings is 1. The van der Waals surface area contributed by atoms with Crippen LogP contribution in [0.1, 0.15) is 26.7 Å². The molecular weight excluding hydrogens is 274 g/mol. The van der Waals surface area contributed by atoms with E-state index in [0.717, 1.165) is 12.8 Å². The van der Waals surface area contributed by atoms with Gasteiger partial charge < -0.3 is 4.74 Å². The molecule has 0 amide bonds. The van der Waals surface area contributed by atoms with Crippen molar-refractivity contribution in [3.05, 3.63) is 23.2 Å². The Morgan fingerprint density at radius 3 is 2.61 bits per heavy atom. The second-order valence-electron chi connectivity index (χ2n) is 4.11. The normalized spacial score (nSPS) is 13.3. The average Bonchev–Trinajstić information content (AvgIpc) is 2.28. The zero-order valence-electron chi connectivity index (χ0n) is 10.7. The van der Waals surface area contributed by atoms with Crippen molar-refractivity contribution in [3.63, 3.8) is 0 Å². The monoisotopic (exact) mass is 291 g/mol. The van der Waals surface area contributed by atoms with E-state index in [1.165, 1.54) is 19.2 Å². The van der Waals surface area contributed by atoms with E-state index in [-0.39, 0.29) is 16.0 Å². The lowest BCUT2D eigenvalue weighted by atomic mass is 10.2. The third-order valence-corrected chi connectivity index (χ3v) is 4.39. The molecule has 4 nitrogen and oxygen atoms in total. The highest BCUT2D eigenvalue weighted by Crippen LogP contribution is 2.26. The molecule has 1 atom stereocenters. The second-order valence-corrected chi connectivity index (χ2v) is 6.23. The van der Waals surface area contributed by atoms with E-state index < -0.39 is 10.0 Å². The molecule has 0 aromatic heterocycles. The molecule has 102 valence electrons. The minimum atomic E-state index is -3.52. The highest BCUT2D eigenvalue weighted by Gasteiger charge is 2.18. The van der Waals surface area contributed by atoms with Crippen LogP contribution in [-0.4, -0.2) is 21.6 Å². The van der Waals surface area contributed by atoms with Gasteiger partial charge in [0.05, 0.1) is 17.0 Å². The smallest absolute Gasteiger partial charge is 0.240 e. The maximum Gasteiger partial charge on any atom is 0.240 e. The van der Waals surface area contributed by atoms with Crippen LogP contribution in [0, 0.1) is 0 Å². The fourth-order valence-corrected chi connectivity index (χ4v) is 3.27. The van der Waals surface area contributed by atoms with E-state index >= 15 is 0 Å². The van der Waals surface area contributed by atoms with Crippen molar-refractivity contribution in [1.82, 2.24) is 4.72 Å². The molecule has 0 saturated carbocycles. The van der Waals surface area contributed by atoms with Gasteiger partial charge in [-0.15, -0.1) is 0 Å². The molecule has 1 rings (SSSR count). The summed E-state index contributed by atoms with van der Waals surface area (Å²) in [7, 11) is -2.04. The Labute approximate surface area is 113 Å². The Morgan fingerprint density at radius 1 is 1.44 bits per heavy atom. The van der Waals surface area contributed by atoms with E-state index in [9.17, 15) is 8.42 Å². The van der Waals surface area contributed by atoms with Gasteiger partial charge >= 0.3 is 0 Å². The zero-order chi connectivity index (χ0) is 13.8. The van der Waals surface area contributed by atoms with Gasteiger partial charge in [-0.25, -0.2) is 13.1 Å². The average molecular weight is 292 g/mol. The summed E-state index contributed by atoms with van der Waals surface area (Å²) in [5, 5.41) is 0.281. The van der Waals surface area contributed by atoms with Gasteiger partial charge in [0.15, 0.2) is 0 Å². The van der Waals surface area contributed by atoms with Crippen molar-refractivity contribution < 1.29 is 13.2 Å². The molecule has 1 aromatic carbocycles. The summed E-state index contributed by atoms with van der Waals surface area (Å²) in [5.41, 5.74) is 0. The van der Waals surface area contributed by atoms with Crippen molar-refractivity contribution in [2.75, 3.05) is 7.11 Å². The van der Waals surface area contributed by atoms with E-state index in [1.807, 2.05) is 13.8 Å². The predicted octanol–water partition coefficient (Wildman–Crippen LogP) is 2.82. The predicted molar refractivity (Wildman–Crippen MR) is 72.7 cm³/mol. The maximum absolute atomic E-state index is 12.1. The fourth-order valence-electron chi connectivity index (χ4n) is 1.64. The van der Waals surface area contributed by atoms with Gasteiger partial charge in [0.2, 0.25) is 10.0 Å². The van der Waals surface area contributed by atoms with Gasteiger partial charge in [-0.1, -0.05) is 24.9 Å². The lowest BCUT2D eigenvalue weighted by Crippen LogP contribution is -2.32. The molecule has 0 fully saturated rings. The third-order valence-electron chi connectivity index (χ3n) is 2.51. The van der Waals surface area contributed by atoms with Crippen LogP contribution in [-0.2, 0) is 10.0 Å². The number of hydrogen-bond acceptors (Lipinski definition) is 3. The molecule has 1 N–H and O–H groups in total. The van der Waals surface area contributed by atoms with E-state index in [4.69, 9.17) is 16.3 Å². The van der Waals surface area contributed by atoms with Crippen molar-refractivity contribution in [2.24, 2.45) is 0 Å². The summed E-state index contributed by atoms with van der Waals surface area (Å²) in [5.74, 6) is 0.456. The molecule has 0 aliphatic heterocycles. The van der Waals surface area contributed by atoms with Crippen molar-refractivity contribution in [3.8, 4) is 5.75 Å². The first kappa shape index (κ1) is 15.3. The Hall–Kier alpha value is -0.780. The maximum atomic E-state index is 12.1. The van der Waals surface area contributed by atoms with Crippen molar-refractivity contribution >= 4 is 21.6 Å². The van der Waals surface area contributed by atoms with E-state index in [2.05, 4.69) is 4.72 Å². The largest absolute Gasteiger partial charge is 0.495 e. The summed E-state index contributed by atoms with van der Waals surface area (Å²) < 4.78 is 31.7. The number of halogens is 1. The number of ether oxygens (including phenoxy) is 1. The van der Waals surface area contributed by atoms with Crippen LogP contribution in [0.3, 0.4) is 0 Å². The SMILES string of the molecule is CCC[C@H](C)NS(=O)(=O)c1ccc(OC)c(Cl)c1. The van der Waals surface area contributed by atoms with Crippen molar-refractivity contribution in [2.45, 2.75) is 37.6 Å². The van der Waals surface area contributed by atoms with Crippen LogP contribution in [0.15, 0.2) is 23.1 Å². The fraction of sp³-hybridized carbons (Fsp3) is 0.500. The summed E-state index contributed by atoms with van der Waals surface area (Å²) in [4.78, 5) is 0.149. The lowest BCUT2D eigenvalue weighted by Gasteiger charge is -2.14. The molecule has 0 aliphatic carbocycles. The first-order valence-corrected chi connectivity index (χ1v) is 7.62. The molecule has 0 heterocycles. The second kappa shape index (κ2) is 6.41. The number of sulfonamides is 1. The summed E-state index contributed by atoms with van der Waals surface area (Å²) in [6, 6.07) is 4.31. The summed E-state index contributed by atoms with van der Waals surface area (Å²) in [6.45, 7) is 3.85. The number of hydrogen-bond donors (Lipinski definition) is 1. The highest BCUT2D eigenvalue weighted by atomic mass is 35.5. The van der Waals surface area contributed by atoms with Gasteiger partial charge in [-0.3, -0.25) is 0 Å². The van der Waals surface area contributed by atoms with Crippen LogP contribution in [0.4, 0.5) is 0 Å². The Morgan fingerprint density at radius 2 is 2.11 bits per heavy atom. The van der Waals surface area contributed by atoms with Crippen LogP contribution < -0.4 is 9.46 Å². The molecule has 0 aliphatic rings. The highest BCUT2D eigenvalue weighted by molar-refractivity contribution is 7.89. The summed E-state index contributed by atoms with van der Waals surface area (Å²) >= 11 is 5.92. The number of rotatable bonds is 6. The number of nitrogens with one attached hydrogen (secondary N) is 1. The van der Waals surface area contributed by atoms with Gasteiger partial charge in [-0.05, 0) is 31.5 Å². The summed E-state index contributed by atoms with van der Waals surface area (Å²) in [6.07, 6.45) is 1.72. The molecule has 0 bridgehead atoms. The van der Waals surface area contributed by atoms with Crippen LogP contribution in [0.5, 0.6) is 5.75 Å². The first-order valence-electron chi connectivity index (χ1n) is 5.76. The molecule has 1 aromatic rings. The van der Waals surface area contributed by atoms with Gasteiger partial charge in [0.1, 0.15) is 5.75 Å². The van der Waals surface area contributed by atoms with Crippen LogP contribution in [0.25, 0.3) is 0 Å². The van der Waals surface area contributed by atoms with Gasteiger partial charge in [0, 0.05) is 6.04 Å². The van der Waals surface area contributed by atoms with E-state index in [1.54, 1.807) is 6.07 Å². The molecule has 6 heteroatoms. The minimum Gasteiger partial charge on any atom is -0.495 e. The quantitative estimate of drug-likeness (QED) is 0.877. The molecule has 18 heavy (non-hydrogen) atoms. The standard InChI is InChI=1S/C12H18ClNO3S/c1-4-5-9(2)14-18(15,16)10-6-7-12(17-3)11(13)8-10/h6-9,14H,4-5H2,1-3H3/t9-/m0/s1. The Balaban J connectivity index is 2.95. The van der Waals surface area contributed by atoms with Gasteiger partial charge in [-0.2, -0.15) is 0 Å². The van der Waals surface area contributed by atoms with Crippen LogP contribution >= 0.6 is 11.6 Å². The molecule has 0 unspecified atom stereocenters. The number of methoxy groups -OCH3 is 1. The molecule has 0 radical (unpaired) electrons. The van der Waals surface area contributed by atoms with Gasteiger partial charge in [0.25, 0.3) is 0 Å². The molecular formula is C12H18ClNO3S. The Kier molecular flexibility index (Phi) is 5.44. The minimum absolute atomic E-state index is 0.0964. The third kappa shape index (κ3) is 3.86. The van der Waals surface area contributed by atoms with E-state index in [0.29, 0.717) is 5.75 Å². The topological polar surface area (TPSA) is 55.4 Å². The zero-order valence-corrected chi connectivity index (χ0v) is 12.3. The molecule has 0 saturated heterocycles. The lowest BCUT2D eigenvalue weighted by molar-refractivity contribution is 0.414. The van der Waals surface area contributed by atoms with Crippen LogP contribution in [0.2, 0.25) is 5.02 Å². The first-order chi connectivity index (χ1) is 8.40.